The number of carbonyl (C=O) groups excluding carboxylic acids is 1. The van der Waals surface area contributed by atoms with E-state index in [2.05, 4.69) is 9.97 Å². The van der Waals surface area contributed by atoms with Crippen molar-refractivity contribution in [3.8, 4) is 5.75 Å². The number of benzene rings is 1. The number of amides is 1. The second-order valence-electron chi connectivity index (χ2n) is 5.85. The first-order chi connectivity index (χ1) is 11.1. The average molecular weight is 313 g/mol. The number of likely N-dealkylation sites (tertiary alicyclic amines) is 1. The molecule has 1 amide bonds. The average Bonchev–Trinajstić information content (AvgIpc) is 2.97. The fourth-order valence-corrected chi connectivity index (χ4v) is 2.66. The Hall–Kier alpha value is -2.47. The highest BCUT2D eigenvalue weighted by molar-refractivity contribution is 5.92. The summed E-state index contributed by atoms with van der Waals surface area (Å²) in [6, 6.07) is 9.24. The van der Waals surface area contributed by atoms with Gasteiger partial charge in [0.25, 0.3) is 5.91 Å². The fourth-order valence-electron chi connectivity index (χ4n) is 2.66. The van der Waals surface area contributed by atoms with E-state index >= 15 is 0 Å². The molecule has 0 bridgehead atoms. The summed E-state index contributed by atoms with van der Waals surface area (Å²) in [6.07, 6.45) is 3.36. The molecule has 0 radical (unpaired) electrons. The number of rotatable bonds is 4. The quantitative estimate of drug-likeness (QED) is 0.924. The summed E-state index contributed by atoms with van der Waals surface area (Å²) >= 11 is 0. The molecule has 1 aliphatic heterocycles. The summed E-state index contributed by atoms with van der Waals surface area (Å²) < 4.78 is 5.74. The second-order valence-corrected chi connectivity index (χ2v) is 5.85. The first kappa shape index (κ1) is 15.4. The molecule has 3 rings (SSSR count). The minimum Gasteiger partial charge on any atom is -0.490 e. The molecule has 0 aliphatic carbocycles. The maximum Gasteiger partial charge on any atom is 0.272 e. The molecule has 1 aromatic carbocycles. The van der Waals surface area contributed by atoms with E-state index in [0.717, 1.165) is 11.3 Å². The van der Waals surface area contributed by atoms with Crippen molar-refractivity contribution in [3.05, 3.63) is 54.1 Å². The van der Waals surface area contributed by atoms with Gasteiger partial charge >= 0.3 is 0 Å². The number of para-hydroxylation sites is 1. The third kappa shape index (κ3) is 3.48. The SMILES string of the molecule is Cc1ccccc1OC[C@]1(O)CCN(C(=O)c2ccncn2)C1. The maximum absolute atomic E-state index is 12.3. The lowest BCUT2D eigenvalue weighted by Crippen LogP contribution is -2.40. The molecule has 6 nitrogen and oxygen atoms in total. The molecule has 1 aromatic heterocycles. The van der Waals surface area contributed by atoms with Gasteiger partial charge in [0.2, 0.25) is 0 Å². The van der Waals surface area contributed by atoms with Crippen molar-refractivity contribution in [2.75, 3.05) is 19.7 Å². The van der Waals surface area contributed by atoms with Crippen LogP contribution in [0.3, 0.4) is 0 Å². The van der Waals surface area contributed by atoms with Crippen LogP contribution in [0, 0.1) is 6.92 Å². The van der Waals surface area contributed by atoms with Gasteiger partial charge in [0.05, 0.1) is 6.54 Å². The Morgan fingerprint density at radius 1 is 1.39 bits per heavy atom. The van der Waals surface area contributed by atoms with Gasteiger partial charge in [-0.25, -0.2) is 9.97 Å². The molecule has 2 heterocycles. The molecular weight excluding hydrogens is 294 g/mol. The van der Waals surface area contributed by atoms with E-state index in [1.165, 1.54) is 12.5 Å². The number of aliphatic hydroxyl groups is 1. The van der Waals surface area contributed by atoms with Crippen molar-refractivity contribution in [3.63, 3.8) is 0 Å². The van der Waals surface area contributed by atoms with Crippen LogP contribution in [0.25, 0.3) is 0 Å². The van der Waals surface area contributed by atoms with Gasteiger partial charge in [-0.15, -0.1) is 0 Å². The molecule has 1 N–H and O–H groups in total. The normalized spacial score (nSPS) is 20.5. The number of carbonyl (C=O) groups is 1. The highest BCUT2D eigenvalue weighted by Crippen LogP contribution is 2.25. The topological polar surface area (TPSA) is 75.6 Å². The first-order valence-electron chi connectivity index (χ1n) is 7.53. The van der Waals surface area contributed by atoms with Crippen molar-refractivity contribution < 1.29 is 14.6 Å². The van der Waals surface area contributed by atoms with Crippen molar-refractivity contribution in [1.82, 2.24) is 14.9 Å². The summed E-state index contributed by atoms with van der Waals surface area (Å²) in [5.41, 5.74) is 0.317. The van der Waals surface area contributed by atoms with Crippen LogP contribution in [0.5, 0.6) is 5.75 Å². The summed E-state index contributed by atoms with van der Waals surface area (Å²) in [5.74, 6) is 0.556. The maximum atomic E-state index is 12.3. The predicted octanol–water partition coefficient (Wildman–Crippen LogP) is 1.44. The number of hydrogen-bond donors (Lipinski definition) is 1. The van der Waals surface area contributed by atoms with Crippen LogP contribution in [-0.2, 0) is 0 Å². The predicted molar refractivity (Wildman–Crippen MR) is 84.2 cm³/mol. The van der Waals surface area contributed by atoms with E-state index in [-0.39, 0.29) is 19.1 Å². The highest BCUT2D eigenvalue weighted by atomic mass is 16.5. The zero-order chi connectivity index (χ0) is 16.3. The van der Waals surface area contributed by atoms with Crippen LogP contribution in [0.2, 0.25) is 0 Å². The van der Waals surface area contributed by atoms with Gasteiger partial charge < -0.3 is 14.7 Å². The molecule has 2 aromatic rings. The summed E-state index contributed by atoms with van der Waals surface area (Å²) in [6.45, 7) is 2.84. The van der Waals surface area contributed by atoms with Gasteiger partial charge in [-0.2, -0.15) is 0 Å². The van der Waals surface area contributed by atoms with Crippen LogP contribution in [-0.4, -0.2) is 51.2 Å². The lowest BCUT2D eigenvalue weighted by Gasteiger charge is -2.24. The lowest BCUT2D eigenvalue weighted by atomic mass is 10.1. The number of aromatic nitrogens is 2. The van der Waals surface area contributed by atoms with Crippen LogP contribution in [0.15, 0.2) is 42.9 Å². The van der Waals surface area contributed by atoms with E-state index in [1.807, 2.05) is 31.2 Å². The number of nitrogens with zero attached hydrogens (tertiary/aromatic N) is 3. The summed E-state index contributed by atoms with van der Waals surface area (Å²) in [7, 11) is 0. The number of hydrogen-bond acceptors (Lipinski definition) is 5. The van der Waals surface area contributed by atoms with Gasteiger partial charge in [-0.3, -0.25) is 4.79 Å². The van der Waals surface area contributed by atoms with Crippen LogP contribution < -0.4 is 4.74 Å². The molecule has 1 aliphatic rings. The minimum atomic E-state index is -1.04. The van der Waals surface area contributed by atoms with E-state index in [1.54, 1.807) is 11.0 Å². The van der Waals surface area contributed by atoms with E-state index < -0.39 is 5.60 Å². The molecule has 6 heteroatoms. The van der Waals surface area contributed by atoms with Gasteiger partial charge in [0, 0.05) is 12.7 Å². The monoisotopic (exact) mass is 313 g/mol. The van der Waals surface area contributed by atoms with Gasteiger partial charge in [-0.1, -0.05) is 18.2 Å². The van der Waals surface area contributed by atoms with Gasteiger partial charge in [0.1, 0.15) is 30.0 Å². The molecule has 1 atom stereocenters. The Morgan fingerprint density at radius 3 is 2.96 bits per heavy atom. The van der Waals surface area contributed by atoms with E-state index in [4.69, 9.17) is 4.74 Å². The third-order valence-electron chi connectivity index (χ3n) is 4.01. The standard InChI is InChI=1S/C17H19N3O3/c1-13-4-2-3-5-15(13)23-11-17(22)7-9-20(10-17)16(21)14-6-8-18-12-19-14/h2-6,8,12,22H,7,9-11H2,1H3/t17-/m0/s1. The number of β-amino-alcohol motifs (C(OH)–C–C–N with tert-alkyl or cyclic N) is 1. The molecule has 23 heavy (non-hydrogen) atoms. The van der Waals surface area contributed by atoms with Crippen molar-refractivity contribution in [2.24, 2.45) is 0 Å². The van der Waals surface area contributed by atoms with Gasteiger partial charge in [0.15, 0.2) is 0 Å². The first-order valence-corrected chi connectivity index (χ1v) is 7.53. The van der Waals surface area contributed by atoms with Crippen LogP contribution >= 0.6 is 0 Å². The molecule has 0 spiro atoms. The van der Waals surface area contributed by atoms with Crippen molar-refractivity contribution in [2.45, 2.75) is 18.9 Å². The number of ether oxygens (including phenoxy) is 1. The third-order valence-corrected chi connectivity index (χ3v) is 4.01. The van der Waals surface area contributed by atoms with Gasteiger partial charge in [-0.05, 0) is 31.0 Å². The van der Waals surface area contributed by atoms with Crippen LogP contribution in [0.4, 0.5) is 0 Å². The molecule has 120 valence electrons. The van der Waals surface area contributed by atoms with Crippen molar-refractivity contribution in [1.29, 1.82) is 0 Å². The van der Waals surface area contributed by atoms with Crippen molar-refractivity contribution >= 4 is 5.91 Å². The molecular formula is C17H19N3O3. The largest absolute Gasteiger partial charge is 0.490 e. The fraction of sp³-hybridized carbons (Fsp3) is 0.353. The summed E-state index contributed by atoms with van der Waals surface area (Å²) in [4.78, 5) is 21.7. The zero-order valence-corrected chi connectivity index (χ0v) is 13.0. The van der Waals surface area contributed by atoms with Crippen LogP contribution in [0.1, 0.15) is 22.5 Å². The number of aryl methyl sites for hydroxylation is 1. The highest BCUT2D eigenvalue weighted by Gasteiger charge is 2.39. The lowest BCUT2D eigenvalue weighted by molar-refractivity contribution is 0.00407. The molecule has 0 unspecified atom stereocenters. The Morgan fingerprint density at radius 2 is 2.22 bits per heavy atom. The Kier molecular flexibility index (Phi) is 4.25. The van der Waals surface area contributed by atoms with E-state index in [0.29, 0.717) is 18.7 Å². The smallest absolute Gasteiger partial charge is 0.272 e. The zero-order valence-electron chi connectivity index (χ0n) is 13.0. The second kappa shape index (κ2) is 6.34. The molecule has 1 saturated heterocycles. The Labute approximate surface area is 134 Å². The van der Waals surface area contributed by atoms with E-state index in [9.17, 15) is 9.90 Å². The minimum absolute atomic E-state index is 0.158. The molecule has 0 saturated carbocycles. The molecule has 1 fully saturated rings. The Bertz CT molecular complexity index is 692. The Balaban J connectivity index is 1.62. The summed E-state index contributed by atoms with van der Waals surface area (Å²) in [5, 5.41) is 10.7.